The van der Waals surface area contributed by atoms with Crippen molar-refractivity contribution in [2.45, 2.75) is 32.4 Å². The van der Waals surface area contributed by atoms with Gasteiger partial charge in [0.15, 0.2) is 0 Å². The molecule has 0 atom stereocenters. The van der Waals surface area contributed by atoms with Gasteiger partial charge in [0.2, 0.25) is 0 Å². The van der Waals surface area contributed by atoms with E-state index in [0.29, 0.717) is 29.3 Å². The lowest BCUT2D eigenvalue weighted by Gasteiger charge is -2.30. The van der Waals surface area contributed by atoms with Crippen LogP contribution in [0, 0.1) is 5.82 Å². The molecule has 3 aromatic heterocycles. The zero-order valence-corrected chi connectivity index (χ0v) is 20.5. The highest BCUT2D eigenvalue weighted by Gasteiger charge is 2.27. The van der Waals surface area contributed by atoms with Crippen LogP contribution in [0.15, 0.2) is 54.9 Å². The number of nitrogens with zero attached hydrogens (tertiary/aromatic N) is 4. The first-order valence-corrected chi connectivity index (χ1v) is 12.8. The second-order valence-corrected chi connectivity index (χ2v) is 9.50. The van der Waals surface area contributed by atoms with Gasteiger partial charge in [0.1, 0.15) is 17.3 Å². The van der Waals surface area contributed by atoms with E-state index in [1.807, 2.05) is 34.7 Å². The number of aromatic nitrogens is 3. The lowest BCUT2D eigenvalue weighted by Crippen LogP contribution is -2.36. The van der Waals surface area contributed by atoms with Crippen molar-refractivity contribution in [2.75, 3.05) is 31.6 Å². The van der Waals surface area contributed by atoms with E-state index in [9.17, 15) is 9.18 Å². The van der Waals surface area contributed by atoms with E-state index in [1.165, 1.54) is 31.4 Å². The molecule has 0 unspecified atom stereocenters. The summed E-state index contributed by atoms with van der Waals surface area (Å²) in [5.74, 6) is 0.254. The van der Waals surface area contributed by atoms with Gasteiger partial charge in [-0.05, 0) is 62.2 Å². The Morgan fingerprint density at radius 2 is 1.95 bits per heavy atom. The number of hydrogen-bond acceptors (Lipinski definition) is 6. The summed E-state index contributed by atoms with van der Waals surface area (Å²) in [6, 6.07) is 12.6. The van der Waals surface area contributed by atoms with Gasteiger partial charge in [-0.15, -0.1) is 0 Å². The van der Waals surface area contributed by atoms with Gasteiger partial charge < -0.3 is 15.4 Å². The fourth-order valence-corrected chi connectivity index (χ4v) is 4.90. The van der Waals surface area contributed by atoms with Gasteiger partial charge in [-0.3, -0.25) is 14.1 Å². The molecule has 0 aliphatic carbocycles. The minimum atomic E-state index is -0.333. The monoisotopic (exact) mass is 500 g/mol. The van der Waals surface area contributed by atoms with Crippen LogP contribution in [0.3, 0.4) is 0 Å². The molecular formula is C28H29FN6O2. The number of amides is 1. The number of halogens is 1. The first-order chi connectivity index (χ1) is 18.2. The Hall–Kier alpha value is -3.82. The highest BCUT2D eigenvalue weighted by Crippen LogP contribution is 2.35. The first kappa shape index (κ1) is 23.6. The number of ether oxygens (including phenoxy) is 1. The number of rotatable bonds is 5. The number of imidazole rings is 1. The van der Waals surface area contributed by atoms with E-state index in [1.54, 1.807) is 12.4 Å². The summed E-state index contributed by atoms with van der Waals surface area (Å²) in [5, 5.41) is 6.27. The van der Waals surface area contributed by atoms with Crippen LogP contribution in [0.25, 0.3) is 16.9 Å². The SMILES string of the molecule is C1CCOC1.O=C1NCc2c(-c3cnc4cc(F)ccn34)ccc(Nc3cccc(CN4CCC4)n3)c21. The summed E-state index contributed by atoms with van der Waals surface area (Å²) in [6.07, 6.45) is 7.16. The predicted octanol–water partition coefficient (Wildman–Crippen LogP) is 4.52. The molecule has 7 rings (SSSR count). The third kappa shape index (κ3) is 4.92. The van der Waals surface area contributed by atoms with Crippen molar-refractivity contribution in [3.05, 3.63) is 77.5 Å². The molecule has 4 aromatic rings. The summed E-state index contributed by atoms with van der Waals surface area (Å²) >= 11 is 0. The second kappa shape index (κ2) is 10.3. The van der Waals surface area contributed by atoms with Crippen LogP contribution >= 0.6 is 0 Å². The minimum Gasteiger partial charge on any atom is -0.381 e. The topological polar surface area (TPSA) is 83.8 Å². The Morgan fingerprint density at radius 1 is 1.08 bits per heavy atom. The first-order valence-electron chi connectivity index (χ1n) is 12.8. The quantitative estimate of drug-likeness (QED) is 0.419. The Bertz CT molecular complexity index is 1440. The van der Waals surface area contributed by atoms with E-state index in [-0.39, 0.29) is 11.7 Å². The van der Waals surface area contributed by atoms with Crippen LogP contribution in [0.2, 0.25) is 0 Å². The van der Waals surface area contributed by atoms with Gasteiger partial charge in [-0.1, -0.05) is 12.1 Å². The Kier molecular flexibility index (Phi) is 6.55. The molecule has 6 heterocycles. The Labute approximate surface area is 214 Å². The molecule has 0 bridgehead atoms. The van der Waals surface area contributed by atoms with Crippen LogP contribution in [-0.4, -0.2) is 51.5 Å². The van der Waals surface area contributed by atoms with Gasteiger partial charge in [-0.25, -0.2) is 14.4 Å². The van der Waals surface area contributed by atoms with Gasteiger partial charge in [0.05, 0.1) is 28.8 Å². The molecule has 3 aliphatic heterocycles. The molecule has 9 heteroatoms. The number of fused-ring (bicyclic) bond motifs is 2. The summed E-state index contributed by atoms with van der Waals surface area (Å²) < 4.78 is 20.3. The molecule has 1 amide bonds. The highest BCUT2D eigenvalue weighted by atomic mass is 19.1. The lowest BCUT2D eigenvalue weighted by atomic mass is 9.99. The second-order valence-electron chi connectivity index (χ2n) is 9.50. The summed E-state index contributed by atoms with van der Waals surface area (Å²) in [4.78, 5) is 24.1. The average Bonchev–Trinajstić information content (AvgIpc) is 3.65. The zero-order chi connectivity index (χ0) is 25.2. The molecule has 0 saturated carbocycles. The Morgan fingerprint density at radius 3 is 2.70 bits per heavy atom. The van der Waals surface area contributed by atoms with E-state index in [2.05, 4.69) is 20.5 Å². The van der Waals surface area contributed by atoms with Gasteiger partial charge in [0.25, 0.3) is 5.91 Å². The van der Waals surface area contributed by atoms with Crippen LogP contribution in [0.4, 0.5) is 15.9 Å². The minimum absolute atomic E-state index is 0.124. The number of benzene rings is 1. The number of nitrogens with one attached hydrogen (secondary N) is 2. The molecule has 2 fully saturated rings. The van der Waals surface area contributed by atoms with Crippen LogP contribution in [0.5, 0.6) is 0 Å². The normalized spacial score (nSPS) is 16.6. The van der Waals surface area contributed by atoms with Crippen molar-refractivity contribution in [1.82, 2.24) is 24.6 Å². The van der Waals surface area contributed by atoms with Crippen molar-refractivity contribution in [1.29, 1.82) is 0 Å². The highest BCUT2D eigenvalue weighted by molar-refractivity contribution is 6.06. The molecule has 3 aliphatic rings. The number of likely N-dealkylation sites (tertiary alicyclic amines) is 1. The molecule has 1 aromatic carbocycles. The zero-order valence-electron chi connectivity index (χ0n) is 20.5. The number of carbonyl (C=O) groups excluding carboxylic acids is 1. The molecule has 190 valence electrons. The van der Waals surface area contributed by atoms with Crippen LogP contribution in [0.1, 0.15) is 40.9 Å². The summed E-state index contributed by atoms with van der Waals surface area (Å²) in [5.41, 5.74) is 5.45. The van der Waals surface area contributed by atoms with Crippen molar-refractivity contribution < 1.29 is 13.9 Å². The molecule has 2 N–H and O–H groups in total. The number of pyridine rings is 2. The van der Waals surface area contributed by atoms with Gasteiger partial charge >= 0.3 is 0 Å². The largest absolute Gasteiger partial charge is 0.381 e. The summed E-state index contributed by atoms with van der Waals surface area (Å²) in [6.45, 7) is 5.49. The van der Waals surface area contributed by atoms with Crippen LogP contribution in [-0.2, 0) is 17.8 Å². The number of anilines is 2. The van der Waals surface area contributed by atoms with Crippen molar-refractivity contribution in [3.8, 4) is 11.3 Å². The molecule has 0 spiro atoms. The smallest absolute Gasteiger partial charge is 0.254 e. The van der Waals surface area contributed by atoms with Crippen molar-refractivity contribution >= 4 is 23.1 Å². The molecule has 8 nitrogen and oxygen atoms in total. The molecular weight excluding hydrogens is 471 g/mol. The van der Waals surface area contributed by atoms with Crippen molar-refractivity contribution in [3.63, 3.8) is 0 Å². The van der Waals surface area contributed by atoms with E-state index >= 15 is 0 Å². The van der Waals surface area contributed by atoms with E-state index in [4.69, 9.17) is 9.72 Å². The lowest BCUT2D eigenvalue weighted by molar-refractivity contribution is 0.0966. The van der Waals surface area contributed by atoms with E-state index < -0.39 is 0 Å². The Balaban J connectivity index is 0.000000453. The fraction of sp³-hybridized carbons (Fsp3) is 0.321. The fourth-order valence-electron chi connectivity index (χ4n) is 4.90. The van der Waals surface area contributed by atoms with Gasteiger partial charge in [-0.2, -0.15) is 0 Å². The van der Waals surface area contributed by atoms with Crippen molar-refractivity contribution in [2.24, 2.45) is 0 Å². The summed E-state index contributed by atoms with van der Waals surface area (Å²) in [7, 11) is 0. The van der Waals surface area contributed by atoms with Crippen LogP contribution < -0.4 is 10.6 Å². The maximum Gasteiger partial charge on any atom is 0.254 e. The number of hydrogen-bond donors (Lipinski definition) is 2. The molecule has 2 saturated heterocycles. The predicted molar refractivity (Wildman–Crippen MR) is 139 cm³/mol. The molecule has 37 heavy (non-hydrogen) atoms. The maximum atomic E-state index is 13.6. The maximum absolute atomic E-state index is 13.6. The molecule has 0 radical (unpaired) electrons. The number of carbonyl (C=O) groups is 1. The third-order valence-electron chi connectivity index (χ3n) is 6.95. The third-order valence-corrected chi connectivity index (χ3v) is 6.95. The van der Waals surface area contributed by atoms with Gasteiger partial charge in [0, 0.05) is 44.1 Å². The average molecular weight is 501 g/mol. The standard InChI is InChI=1S/C24H21FN6O.C4H8O/c25-15-7-10-31-20(13-26-22(31)11-15)17-5-6-19(23-18(17)12-27-24(23)32)29-21-4-1-3-16(28-21)14-30-8-2-9-30;1-2-4-5-3-1/h1,3-7,10-11,13H,2,8-9,12,14H2,(H,27,32)(H,28,29);1-4H2. The van der Waals surface area contributed by atoms with E-state index in [0.717, 1.165) is 55.4 Å².